The molecular formula is C16H25NO2. The maximum atomic E-state index is 9.84. The Balaban J connectivity index is 1.58. The molecule has 106 valence electrons. The zero-order valence-corrected chi connectivity index (χ0v) is 11.9. The Labute approximate surface area is 116 Å². The van der Waals surface area contributed by atoms with E-state index >= 15 is 0 Å². The third kappa shape index (κ3) is 5.21. The summed E-state index contributed by atoms with van der Waals surface area (Å²) >= 11 is 0. The molecule has 19 heavy (non-hydrogen) atoms. The lowest BCUT2D eigenvalue weighted by atomic mass is 10.1. The number of hydrogen-bond donors (Lipinski definition) is 2. The molecule has 3 nitrogen and oxygen atoms in total. The van der Waals surface area contributed by atoms with E-state index in [4.69, 9.17) is 4.74 Å². The molecule has 0 aromatic heterocycles. The van der Waals surface area contributed by atoms with Crippen molar-refractivity contribution < 1.29 is 9.84 Å². The lowest BCUT2D eigenvalue weighted by Crippen LogP contribution is -2.34. The molecule has 0 spiro atoms. The average Bonchev–Trinajstić information content (AvgIpc) is 3.22. The molecule has 1 fully saturated rings. The van der Waals surface area contributed by atoms with Crippen LogP contribution in [0.2, 0.25) is 0 Å². The van der Waals surface area contributed by atoms with E-state index in [0.29, 0.717) is 13.2 Å². The van der Waals surface area contributed by atoms with E-state index in [-0.39, 0.29) is 0 Å². The first kappa shape index (κ1) is 14.4. The quantitative estimate of drug-likeness (QED) is 0.756. The van der Waals surface area contributed by atoms with Gasteiger partial charge >= 0.3 is 0 Å². The first-order valence-corrected chi connectivity index (χ1v) is 7.23. The highest BCUT2D eigenvalue weighted by Crippen LogP contribution is 2.35. The minimum absolute atomic E-state index is 0.341. The summed E-state index contributed by atoms with van der Waals surface area (Å²) in [5, 5.41) is 13.2. The lowest BCUT2D eigenvalue weighted by molar-refractivity contribution is 0.105. The van der Waals surface area contributed by atoms with Crippen molar-refractivity contribution >= 4 is 0 Å². The number of ether oxygens (including phenoxy) is 1. The largest absolute Gasteiger partial charge is 0.491 e. The third-order valence-corrected chi connectivity index (χ3v) is 3.74. The Morgan fingerprint density at radius 3 is 2.58 bits per heavy atom. The molecule has 1 saturated carbocycles. The van der Waals surface area contributed by atoms with Crippen LogP contribution in [0.3, 0.4) is 0 Å². The van der Waals surface area contributed by atoms with Crippen LogP contribution in [-0.2, 0) is 0 Å². The van der Waals surface area contributed by atoms with Gasteiger partial charge in [-0.2, -0.15) is 0 Å². The van der Waals surface area contributed by atoms with Crippen LogP contribution in [0.15, 0.2) is 24.3 Å². The summed E-state index contributed by atoms with van der Waals surface area (Å²) in [6.07, 6.45) is 2.30. The molecule has 0 aliphatic heterocycles. The molecule has 0 radical (unpaired) electrons. The average molecular weight is 263 g/mol. The predicted molar refractivity (Wildman–Crippen MR) is 77.4 cm³/mol. The minimum atomic E-state index is -0.451. The first-order chi connectivity index (χ1) is 9.15. The van der Waals surface area contributed by atoms with Gasteiger partial charge in [0, 0.05) is 6.54 Å². The number of nitrogens with one attached hydrogen (secondary N) is 1. The highest BCUT2D eigenvalue weighted by molar-refractivity contribution is 5.26. The van der Waals surface area contributed by atoms with E-state index < -0.39 is 6.10 Å². The molecule has 2 unspecified atom stereocenters. The van der Waals surface area contributed by atoms with Crippen LogP contribution in [0.4, 0.5) is 0 Å². The third-order valence-electron chi connectivity index (χ3n) is 3.74. The molecule has 1 aromatic rings. The molecule has 2 rings (SSSR count). The summed E-state index contributed by atoms with van der Waals surface area (Å²) in [7, 11) is 0. The Bertz CT molecular complexity index is 373. The molecule has 0 saturated heterocycles. The molecule has 2 N–H and O–H groups in total. The highest BCUT2D eigenvalue weighted by Gasteiger charge is 2.27. The van der Waals surface area contributed by atoms with Crippen molar-refractivity contribution in [2.24, 2.45) is 11.8 Å². The van der Waals surface area contributed by atoms with E-state index in [0.717, 1.165) is 24.1 Å². The summed E-state index contributed by atoms with van der Waals surface area (Å²) in [5.41, 5.74) is 1.21. The number of rotatable bonds is 8. The van der Waals surface area contributed by atoms with Gasteiger partial charge in [-0.1, -0.05) is 24.6 Å². The second kappa shape index (κ2) is 6.92. The van der Waals surface area contributed by atoms with Crippen molar-refractivity contribution in [3.8, 4) is 5.75 Å². The monoisotopic (exact) mass is 263 g/mol. The van der Waals surface area contributed by atoms with Gasteiger partial charge in [-0.15, -0.1) is 0 Å². The Morgan fingerprint density at radius 2 is 1.95 bits per heavy atom. The highest BCUT2D eigenvalue weighted by atomic mass is 16.5. The van der Waals surface area contributed by atoms with E-state index in [1.54, 1.807) is 0 Å². The van der Waals surface area contributed by atoms with E-state index in [2.05, 4.69) is 12.2 Å². The van der Waals surface area contributed by atoms with E-state index in [1.807, 2.05) is 31.2 Å². The zero-order chi connectivity index (χ0) is 13.7. The van der Waals surface area contributed by atoms with Crippen LogP contribution in [0.25, 0.3) is 0 Å². The van der Waals surface area contributed by atoms with Crippen molar-refractivity contribution in [2.75, 3.05) is 19.7 Å². The first-order valence-electron chi connectivity index (χ1n) is 7.23. The Kier molecular flexibility index (Phi) is 5.23. The van der Waals surface area contributed by atoms with Gasteiger partial charge in [0.25, 0.3) is 0 Å². The summed E-state index contributed by atoms with van der Waals surface area (Å²) in [5.74, 6) is 2.45. The summed E-state index contributed by atoms with van der Waals surface area (Å²) in [6, 6.07) is 7.89. The predicted octanol–water partition coefficient (Wildman–Crippen LogP) is 2.37. The zero-order valence-electron chi connectivity index (χ0n) is 11.9. The van der Waals surface area contributed by atoms with Gasteiger partial charge in [-0.3, -0.25) is 0 Å². The second-order valence-electron chi connectivity index (χ2n) is 5.75. The van der Waals surface area contributed by atoms with E-state index in [9.17, 15) is 5.11 Å². The fraction of sp³-hybridized carbons (Fsp3) is 0.625. The Hall–Kier alpha value is -1.06. The number of benzene rings is 1. The van der Waals surface area contributed by atoms with Gasteiger partial charge in [0.05, 0.1) is 0 Å². The van der Waals surface area contributed by atoms with Crippen LogP contribution in [0.1, 0.15) is 25.3 Å². The lowest BCUT2D eigenvalue weighted by Gasteiger charge is -2.15. The number of aliphatic hydroxyl groups excluding tert-OH is 1. The molecule has 3 heteroatoms. The molecule has 0 amide bonds. The van der Waals surface area contributed by atoms with E-state index in [1.165, 1.54) is 18.4 Å². The molecular weight excluding hydrogens is 238 g/mol. The van der Waals surface area contributed by atoms with Crippen molar-refractivity contribution in [3.63, 3.8) is 0 Å². The van der Waals surface area contributed by atoms with Crippen LogP contribution in [0.5, 0.6) is 5.75 Å². The maximum Gasteiger partial charge on any atom is 0.119 e. The Morgan fingerprint density at radius 1 is 1.26 bits per heavy atom. The second-order valence-corrected chi connectivity index (χ2v) is 5.75. The molecule has 1 aromatic carbocycles. The number of aryl methyl sites for hydroxylation is 1. The van der Waals surface area contributed by atoms with Crippen LogP contribution < -0.4 is 10.1 Å². The normalized spacial score (nSPS) is 18.1. The standard InChI is InChI=1S/C16H25NO2/c1-12-3-7-16(8-4-12)19-11-15(18)10-17-9-13(2)14-5-6-14/h3-4,7-8,13-15,17-18H,5-6,9-11H2,1-2H3. The molecule has 2 atom stereocenters. The summed E-state index contributed by atoms with van der Waals surface area (Å²) in [6.45, 7) is 6.26. The molecule has 1 aliphatic carbocycles. The smallest absolute Gasteiger partial charge is 0.119 e. The SMILES string of the molecule is Cc1ccc(OCC(O)CNCC(C)C2CC2)cc1. The van der Waals surface area contributed by atoms with Gasteiger partial charge < -0.3 is 15.2 Å². The van der Waals surface area contributed by atoms with Crippen molar-refractivity contribution in [1.29, 1.82) is 0 Å². The van der Waals surface area contributed by atoms with Gasteiger partial charge in [0.15, 0.2) is 0 Å². The van der Waals surface area contributed by atoms with Gasteiger partial charge in [0.1, 0.15) is 18.5 Å². The van der Waals surface area contributed by atoms with Gasteiger partial charge in [0.2, 0.25) is 0 Å². The van der Waals surface area contributed by atoms with Crippen molar-refractivity contribution in [1.82, 2.24) is 5.32 Å². The summed E-state index contributed by atoms with van der Waals surface area (Å²) < 4.78 is 5.55. The summed E-state index contributed by atoms with van der Waals surface area (Å²) in [4.78, 5) is 0. The fourth-order valence-corrected chi connectivity index (χ4v) is 2.20. The number of hydrogen-bond acceptors (Lipinski definition) is 3. The topological polar surface area (TPSA) is 41.5 Å². The van der Waals surface area contributed by atoms with Crippen LogP contribution >= 0.6 is 0 Å². The van der Waals surface area contributed by atoms with Gasteiger partial charge in [-0.25, -0.2) is 0 Å². The number of aliphatic hydroxyl groups is 1. The molecule has 1 aliphatic rings. The van der Waals surface area contributed by atoms with Crippen molar-refractivity contribution in [3.05, 3.63) is 29.8 Å². The molecule has 0 bridgehead atoms. The van der Waals surface area contributed by atoms with Crippen LogP contribution in [0, 0.1) is 18.8 Å². The molecule has 0 heterocycles. The van der Waals surface area contributed by atoms with Gasteiger partial charge in [-0.05, 0) is 50.3 Å². The fourth-order valence-electron chi connectivity index (χ4n) is 2.20. The van der Waals surface area contributed by atoms with Crippen LogP contribution in [-0.4, -0.2) is 30.9 Å². The van der Waals surface area contributed by atoms with Crippen molar-refractivity contribution in [2.45, 2.75) is 32.8 Å². The minimum Gasteiger partial charge on any atom is -0.491 e. The maximum absolute atomic E-state index is 9.84.